The molecule has 0 bridgehead atoms. The molecule has 0 aromatic carbocycles. The summed E-state index contributed by atoms with van der Waals surface area (Å²) in [5.41, 5.74) is 0. The highest BCUT2D eigenvalue weighted by molar-refractivity contribution is 7.98. The highest BCUT2D eigenvalue weighted by atomic mass is 32.2. The second-order valence-electron chi connectivity index (χ2n) is 5.45. The Labute approximate surface area is 140 Å². The first kappa shape index (κ1) is 19.6. The van der Waals surface area contributed by atoms with Gasteiger partial charge in [0.05, 0.1) is 12.7 Å². The minimum absolute atomic E-state index is 0.323. The molecule has 0 aromatic rings. The smallest absolute Gasteiger partial charge is 0.191 e. The Balaban J connectivity index is 2.02. The number of rotatable bonds is 12. The predicted octanol–water partition coefficient (Wildman–Crippen LogP) is 2.27. The summed E-state index contributed by atoms with van der Waals surface area (Å²) in [5.74, 6) is 2.16. The van der Waals surface area contributed by atoms with E-state index in [1.165, 1.54) is 25.0 Å². The number of guanidine groups is 1. The van der Waals surface area contributed by atoms with Gasteiger partial charge in [0.2, 0.25) is 0 Å². The molecule has 1 aliphatic heterocycles. The van der Waals surface area contributed by atoms with Gasteiger partial charge in [-0.05, 0) is 51.0 Å². The third-order valence-corrected chi connectivity index (χ3v) is 4.15. The number of nitrogens with zero attached hydrogens (tertiary/aromatic N) is 1. The Morgan fingerprint density at radius 3 is 2.95 bits per heavy atom. The first-order valence-electron chi connectivity index (χ1n) is 8.57. The zero-order chi connectivity index (χ0) is 15.9. The van der Waals surface area contributed by atoms with Crippen LogP contribution in [-0.2, 0) is 9.47 Å². The maximum Gasteiger partial charge on any atom is 0.191 e. The molecule has 130 valence electrons. The number of hydrogen-bond donors (Lipinski definition) is 2. The second kappa shape index (κ2) is 14.2. The lowest BCUT2D eigenvalue weighted by Gasteiger charge is -2.11. The lowest BCUT2D eigenvalue weighted by Crippen LogP contribution is -2.38. The zero-order valence-corrected chi connectivity index (χ0v) is 15.1. The normalized spacial score (nSPS) is 18.6. The van der Waals surface area contributed by atoms with Crippen LogP contribution in [0.5, 0.6) is 0 Å². The minimum atomic E-state index is 0.323. The fraction of sp³-hybridized carbons (Fsp3) is 0.938. The molecule has 1 heterocycles. The van der Waals surface area contributed by atoms with Gasteiger partial charge in [-0.2, -0.15) is 11.8 Å². The summed E-state index contributed by atoms with van der Waals surface area (Å²) < 4.78 is 11.2. The predicted molar refractivity (Wildman–Crippen MR) is 96.0 cm³/mol. The lowest BCUT2D eigenvalue weighted by molar-refractivity contribution is 0.0171. The number of aliphatic imine (C=N–C) groups is 1. The summed E-state index contributed by atoms with van der Waals surface area (Å²) in [7, 11) is 0. The zero-order valence-electron chi connectivity index (χ0n) is 14.2. The standard InChI is InChI=1S/C16H33N3O2S/c1-3-17-16(18-9-4-5-13-22-2)19-10-7-11-20-14-15-8-6-12-21-15/h15H,3-14H2,1-2H3,(H2,17,18,19). The first-order valence-corrected chi connectivity index (χ1v) is 9.96. The van der Waals surface area contributed by atoms with Crippen molar-refractivity contribution in [2.24, 2.45) is 4.99 Å². The second-order valence-corrected chi connectivity index (χ2v) is 6.44. The van der Waals surface area contributed by atoms with E-state index < -0.39 is 0 Å². The molecule has 6 heteroatoms. The van der Waals surface area contributed by atoms with E-state index in [1.54, 1.807) is 0 Å². The van der Waals surface area contributed by atoms with Crippen molar-refractivity contribution in [3.05, 3.63) is 0 Å². The highest BCUT2D eigenvalue weighted by Gasteiger charge is 2.14. The van der Waals surface area contributed by atoms with E-state index in [2.05, 4.69) is 28.8 Å². The van der Waals surface area contributed by atoms with E-state index in [9.17, 15) is 0 Å². The third-order valence-electron chi connectivity index (χ3n) is 3.46. The Morgan fingerprint density at radius 1 is 1.32 bits per heavy atom. The van der Waals surface area contributed by atoms with Crippen LogP contribution in [0.4, 0.5) is 0 Å². The van der Waals surface area contributed by atoms with Gasteiger partial charge in [0, 0.05) is 32.8 Å². The summed E-state index contributed by atoms with van der Waals surface area (Å²) in [4.78, 5) is 4.58. The van der Waals surface area contributed by atoms with E-state index in [0.29, 0.717) is 6.10 Å². The van der Waals surface area contributed by atoms with E-state index >= 15 is 0 Å². The van der Waals surface area contributed by atoms with E-state index in [-0.39, 0.29) is 0 Å². The van der Waals surface area contributed by atoms with E-state index in [4.69, 9.17) is 9.47 Å². The van der Waals surface area contributed by atoms with Crippen LogP contribution in [0.15, 0.2) is 4.99 Å². The number of ether oxygens (including phenoxy) is 2. The van der Waals surface area contributed by atoms with Crippen LogP contribution >= 0.6 is 11.8 Å². The van der Waals surface area contributed by atoms with Crippen LogP contribution in [0, 0.1) is 0 Å². The van der Waals surface area contributed by atoms with Gasteiger partial charge >= 0.3 is 0 Å². The largest absolute Gasteiger partial charge is 0.379 e. The summed E-state index contributed by atoms with van der Waals surface area (Å²) >= 11 is 1.90. The van der Waals surface area contributed by atoms with Crippen molar-refractivity contribution in [3.8, 4) is 0 Å². The SMILES string of the molecule is CCNC(=NCCCOCC1CCCO1)NCCCCSC. The van der Waals surface area contributed by atoms with Crippen molar-refractivity contribution >= 4 is 17.7 Å². The highest BCUT2D eigenvalue weighted by Crippen LogP contribution is 2.11. The summed E-state index contributed by atoms with van der Waals surface area (Å²) in [6, 6.07) is 0. The molecule has 1 atom stereocenters. The molecular weight excluding hydrogens is 298 g/mol. The molecular formula is C16H33N3O2S. The van der Waals surface area contributed by atoms with Crippen LogP contribution in [0.25, 0.3) is 0 Å². The molecule has 0 spiro atoms. The molecule has 1 unspecified atom stereocenters. The molecule has 1 rings (SSSR count). The first-order chi connectivity index (χ1) is 10.9. The van der Waals surface area contributed by atoms with Gasteiger partial charge in [0.25, 0.3) is 0 Å². The molecule has 0 saturated carbocycles. The average molecular weight is 332 g/mol. The number of unbranched alkanes of at least 4 members (excludes halogenated alkanes) is 1. The molecule has 0 amide bonds. The summed E-state index contributed by atoms with van der Waals surface area (Å²) in [6.07, 6.45) is 8.19. The third kappa shape index (κ3) is 10.3. The molecule has 1 fully saturated rings. The number of thioether (sulfide) groups is 1. The van der Waals surface area contributed by atoms with Gasteiger partial charge in [-0.3, -0.25) is 4.99 Å². The topological polar surface area (TPSA) is 54.9 Å². The van der Waals surface area contributed by atoms with Crippen LogP contribution in [0.2, 0.25) is 0 Å². The molecule has 0 aliphatic carbocycles. The molecule has 2 N–H and O–H groups in total. The van der Waals surface area contributed by atoms with Gasteiger partial charge < -0.3 is 20.1 Å². The van der Waals surface area contributed by atoms with Crippen LogP contribution < -0.4 is 10.6 Å². The molecule has 5 nitrogen and oxygen atoms in total. The molecule has 22 heavy (non-hydrogen) atoms. The van der Waals surface area contributed by atoms with Crippen molar-refractivity contribution in [2.45, 2.75) is 45.1 Å². The Kier molecular flexibility index (Phi) is 12.6. The van der Waals surface area contributed by atoms with Crippen LogP contribution in [0.3, 0.4) is 0 Å². The van der Waals surface area contributed by atoms with E-state index in [0.717, 1.165) is 58.3 Å². The lowest BCUT2D eigenvalue weighted by atomic mass is 10.2. The molecule has 1 aliphatic rings. The van der Waals surface area contributed by atoms with Gasteiger partial charge in [-0.25, -0.2) is 0 Å². The van der Waals surface area contributed by atoms with E-state index in [1.807, 2.05) is 11.8 Å². The quantitative estimate of drug-likeness (QED) is 0.326. The summed E-state index contributed by atoms with van der Waals surface area (Å²) in [5, 5.41) is 6.67. The monoisotopic (exact) mass is 331 g/mol. The Morgan fingerprint density at radius 2 is 2.23 bits per heavy atom. The minimum Gasteiger partial charge on any atom is -0.379 e. The van der Waals surface area contributed by atoms with Crippen molar-refractivity contribution in [3.63, 3.8) is 0 Å². The fourth-order valence-corrected chi connectivity index (χ4v) is 2.76. The fourth-order valence-electron chi connectivity index (χ4n) is 2.27. The average Bonchev–Trinajstić information content (AvgIpc) is 3.03. The van der Waals surface area contributed by atoms with Crippen molar-refractivity contribution in [2.75, 3.05) is 51.5 Å². The number of hydrogen-bond acceptors (Lipinski definition) is 4. The maximum absolute atomic E-state index is 5.65. The number of nitrogens with one attached hydrogen (secondary N) is 2. The van der Waals surface area contributed by atoms with Crippen molar-refractivity contribution in [1.82, 2.24) is 10.6 Å². The van der Waals surface area contributed by atoms with Gasteiger partial charge in [0.15, 0.2) is 5.96 Å². The van der Waals surface area contributed by atoms with Gasteiger partial charge in [0.1, 0.15) is 0 Å². The summed E-state index contributed by atoms with van der Waals surface area (Å²) in [6.45, 7) is 7.16. The van der Waals surface area contributed by atoms with Gasteiger partial charge in [-0.15, -0.1) is 0 Å². The Bertz CT molecular complexity index is 285. The van der Waals surface area contributed by atoms with Gasteiger partial charge in [-0.1, -0.05) is 0 Å². The van der Waals surface area contributed by atoms with Crippen molar-refractivity contribution < 1.29 is 9.47 Å². The van der Waals surface area contributed by atoms with Crippen molar-refractivity contribution in [1.29, 1.82) is 0 Å². The maximum atomic E-state index is 5.65. The van der Waals surface area contributed by atoms with Crippen LogP contribution in [0.1, 0.15) is 39.0 Å². The molecule has 0 radical (unpaired) electrons. The molecule has 1 saturated heterocycles. The van der Waals surface area contributed by atoms with Crippen LogP contribution in [-0.4, -0.2) is 63.5 Å². The molecule has 0 aromatic heterocycles. The Hall–Kier alpha value is -0.460.